The van der Waals surface area contributed by atoms with Gasteiger partial charge >= 0.3 is 18.2 Å². The van der Waals surface area contributed by atoms with Gasteiger partial charge < -0.3 is 20.6 Å². The van der Waals surface area contributed by atoms with E-state index in [1.54, 1.807) is 12.1 Å². The van der Waals surface area contributed by atoms with Crippen molar-refractivity contribution in [1.82, 2.24) is 14.9 Å². The Labute approximate surface area is 198 Å². The van der Waals surface area contributed by atoms with Crippen LogP contribution >= 0.6 is 11.6 Å². The van der Waals surface area contributed by atoms with E-state index in [0.717, 1.165) is 42.8 Å². The molecule has 2 heterocycles. The monoisotopic (exact) mass is 497 g/mol. The summed E-state index contributed by atoms with van der Waals surface area (Å²) in [6.45, 7) is 2.41. The number of benzene rings is 1. The Morgan fingerprint density at radius 1 is 1.24 bits per heavy atom. The number of carbonyl (C=O) groups excluding carboxylic acids is 1. The Morgan fingerprint density at radius 3 is 2.62 bits per heavy atom. The number of aromatic nitrogens is 2. The second-order valence-electron chi connectivity index (χ2n) is 8.65. The number of carboxylic acid groups (broad SMARTS) is 1. The maximum absolute atomic E-state index is 12.6. The number of aliphatic carboxylic acids is 1. The first-order chi connectivity index (χ1) is 16.1. The first-order valence-electron chi connectivity index (χ1n) is 10.8. The molecule has 1 aromatic carbocycles. The summed E-state index contributed by atoms with van der Waals surface area (Å²) in [5, 5.41) is 14.0. The van der Waals surface area contributed by atoms with Crippen LogP contribution in [0.15, 0.2) is 30.5 Å². The maximum atomic E-state index is 12.6. The molecule has 2 unspecified atom stereocenters. The molecule has 1 saturated heterocycles. The highest BCUT2D eigenvalue weighted by atomic mass is 35.5. The van der Waals surface area contributed by atoms with E-state index >= 15 is 0 Å². The van der Waals surface area contributed by atoms with Gasteiger partial charge in [-0.1, -0.05) is 17.7 Å². The van der Waals surface area contributed by atoms with E-state index in [0.29, 0.717) is 23.4 Å². The number of carboxylic acids is 1. The quantitative estimate of drug-likeness (QED) is 0.578. The van der Waals surface area contributed by atoms with E-state index in [4.69, 9.17) is 26.5 Å². The molecular weight excluding hydrogens is 475 g/mol. The second-order valence-corrected chi connectivity index (χ2v) is 9.08. The number of hydrogen-bond donors (Lipinski definition) is 3. The van der Waals surface area contributed by atoms with Gasteiger partial charge in [-0.2, -0.15) is 13.2 Å². The van der Waals surface area contributed by atoms with Gasteiger partial charge in [0.15, 0.2) is 0 Å². The largest absolute Gasteiger partial charge is 0.490 e. The number of nitrogens with one attached hydrogen (secondary N) is 2. The molecule has 34 heavy (non-hydrogen) atoms. The number of fused-ring (bicyclic) bond motifs is 3. The molecule has 2 atom stereocenters. The molecule has 1 saturated carbocycles. The van der Waals surface area contributed by atoms with Gasteiger partial charge in [0.25, 0.3) is 0 Å². The third-order valence-electron chi connectivity index (χ3n) is 6.02. The van der Waals surface area contributed by atoms with Crippen molar-refractivity contribution in [2.45, 2.75) is 31.4 Å². The molecule has 1 aromatic heterocycles. The number of likely N-dealkylation sites (tertiary alicyclic amines) is 1. The highest BCUT2D eigenvalue weighted by molar-refractivity contribution is 6.30. The molecule has 1 aliphatic heterocycles. The van der Waals surface area contributed by atoms with Gasteiger partial charge in [-0.3, -0.25) is 0 Å². The Balaban J connectivity index is 0.000000344. The number of halogens is 4. The molecule has 8 nitrogen and oxygen atoms in total. The summed E-state index contributed by atoms with van der Waals surface area (Å²) in [5.41, 5.74) is 3.07. The van der Waals surface area contributed by atoms with Crippen molar-refractivity contribution in [2.75, 3.05) is 30.3 Å². The minimum Gasteiger partial charge on any atom is -0.475 e. The zero-order chi connectivity index (χ0) is 24.5. The molecule has 182 valence electrons. The van der Waals surface area contributed by atoms with E-state index in [2.05, 4.69) is 15.6 Å². The standard InChI is InChI=1S/C20H22ClN5O.C2HF3O2/c21-15-2-1-3-16(7-15)24-20(27)26-10-14-6-13-9-23-19(22-8-12-4-5-12)25-18(13)17(14)11-26;3-2(4,5)1(6)7/h1-3,7,9,12,14,17H,4-6,8,10-11H2,(H,24,27)(H,22,23,25);(H,6,7). The van der Waals surface area contributed by atoms with Gasteiger partial charge in [0.1, 0.15) is 0 Å². The zero-order valence-electron chi connectivity index (χ0n) is 18.0. The third kappa shape index (κ3) is 5.88. The summed E-state index contributed by atoms with van der Waals surface area (Å²) < 4.78 is 31.7. The minimum atomic E-state index is -5.08. The van der Waals surface area contributed by atoms with E-state index in [-0.39, 0.29) is 6.03 Å². The Bertz CT molecular complexity index is 1080. The SMILES string of the molecule is O=C(Nc1cccc(Cl)c1)N1CC2Cc3cnc(NCC4CC4)nc3C2C1.O=C(O)C(F)(F)F. The molecule has 0 radical (unpaired) electrons. The minimum absolute atomic E-state index is 0.0747. The van der Waals surface area contributed by atoms with Gasteiger partial charge in [0.2, 0.25) is 5.95 Å². The van der Waals surface area contributed by atoms with Crippen molar-refractivity contribution >= 4 is 35.2 Å². The second kappa shape index (κ2) is 9.65. The molecule has 12 heteroatoms. The lowest BCUT2D eigenvalue weighted by molar-refractivity contribution is -0.192. The van der Waals surface area contributed by atoms with Crippen LogP contribution in [0.25, 0.3) is 0 Å². The van der Waals surface area contributed by atoms with Crippen LogP contribution in [-0.2, 0) is 11.2 Å². The summed E-state index contributed by atoms with van der Waals surface area (Å²) in [5.74, 6) is -0.518. The lowest BCUT2D eigenvalue weighted by atomic mass is 9.99. The van der Waals surface area contributed by atoms with E-state index in [9.17, 15) is 18.0 Å². The van der Waals surface area contributed by atoms with Crippen LogP contribution in [0.5, 0.6) is 0 Å². The van der Waals surface area contributed by atoms with E-state index in [1.165, 1.54) is 18.4 Å². The number of nitrogens with zero attached hydrogens (tertiary/aromatic N) is 3. The average molecular weight is 498 g/mol. The van der Waals surface area contributed by atoms with Gasteiger partial charge in [0, 0.05) is 42.5 Å². The summed E-state index contributed by atoms with van der Waals surface area (Å²) in [6.07, 6.45) is 0.439. The Hall–Kier alpha value is -3.08. The van der Waals surface area contributed by atoms with E-state index in [1.807, 2.05) is 23.2 Å². The summed E-state index contributed by atoms with van der Waals surface area (Å²) in [4.78, 5) is 32.7. The van der Waals surface area contributed by atoms with Crippen molar-refractivity contribution in [3.8, 4) is 0 Å². The summed E-state index contributed by atoms with van der Waals surface area (Å²) >= 11 is 6.00. The Kier molecular flexibility index (Phi) is 6.83. The molecular formula is C22H23ClF3N5O3. The van der Waals surface area contributed by atoms with Crippen molar-refractivity contribution in [3.63, 3.8) is 0 Å². The van der Waals surface area contributed by atoms with Crippen LogP contribution in [0.1, 0.15) is 30.0 Å². The summed E-state index contributed by atoms with van der Waals surface area (Å²) in [7, 11) is 0. The first kappa shape index (κ1) is 24.1. The van der Waals surface area contributed by atoms with Crippen molar-refractivity contribution in [1.29, 1.82) is 0 Å². The van der Waals surface area contributed by atoms with Crippen molar-refractivity contribution in [2.24, 2.45) is 11.8 Å². The predicted octanol–water partition coefficient (Wildman–Crippen LogP) is 4.39. The molecule has 2 fully saturated rings. The number of urea groups is 1. The van der Waals surface area contributed by atoms with Crippen LogP contribution in [0, 0.1) is 11.8 Å². The fraction of sp³-hybridized carbons (Fsp3) is 0.455. The predicted molar refractivity (Wildman–Crippen MR) is 119 cm³/mol. The first-order valence-corrected chi connectivity index (χ1v) is 11.2. The fourth-order valence-corrected chi connectivity index (χ4v) is 4.34. The molecule has 0 spiro atoms. The molecule has 2 aliphatic carbocycles. The van der Waals surface area contributed by atoms with Gasteiger partial charge in [0.05, 0.1) is 5.69 Å². The smallest absolute Gasteiger partial charge is 0.475 e. The molecule has 3 aliphatic rings. The van der Waals surface area contributed by atoms with Crippen molar-refractivity contribution in [3.05, 3.63) is 46.7 Å². The van der Waals surface area contributed by atoms with E-state index < -0.39 is 12.1 Å². The summed E-state index contributed by atoms with van der Waals surface area (Å²) in [6, 6.07) is 7.16. The highest BCUT2D eigenvalue weighted by Gasteiger charge is 2.43. The lowest BCUT2D eigenvalue weighted by Gasteiger charge is -2.18. The van der Waals surface area contributed by atoms with Gasteiger partial charge in [-0.25, -0.2) is 19.6 Å². The van der Waals surface area contributed by atoms with Crippen LogP contribution in [0.3, 0.4) is 0 Å². The maximum Gasteiger partial charge on any atom is 0.490 e. The third-order valence-corrected chi connectivity index (χ3v) is 6.26. The number of anilines is 2. The van der Waals surface area contributed by atoms with Crippen LogP contribution in [-0.4, -0.2) is 57.8 Å². The average Bonchev–Trinajstić information content (AvgIpc) is 3.40. The fourth-order valence-electron chi connectivity index (χ4n) is 4.15. The number of hydrogen-bond acceptors (Lipinski definition) is 5. The van der Waals surface area contributed by atoms with Gasteiger partial charge in [-0.05, 0) is 54.9 Å². The number of rotatable bonds is 4. The Morgan fingerprint density at radius 2 is 1.97 bits per heavy atom. The van der Waals surface area contributed by atoms with Crippen LogP contribution in [0.2, 0.25) is 5.02 Å². The highest BCUT2D eigenvalue weighted by Crippen LogP contribution is 2.42. The molecule has 3 N–H and O–H groups in total. The van der Waals surface area contributed by atoms with Gasteiger partial charge in [-0.15, -0.1) is 0 Å². The van der Waals surface area contributed by atoms with Crippen molar-refractivity contribution < 1.29 is 27.9 Å². The number of alkyl halides is 3. The zero-order valence-corrected chi connectivity index (χ0v) is 18.7. The molecule has 0 bridgehead atoms. The lowest BCUT2D eigenvalue weighted by Crippen LogP contribution is -2.33. The number of amides is 2. The topological polar surface area (TPSA) is 107 Å². The van der Waals surface area contributed by atoms with Crippen LogP contribution < -0.4 is 10.6 Å². The number of carbonyl (C=O) groups is 2. The molecule has 5 rings (SSSR count). The molecule has 2 aromatic rings. The normalized spacial score (nSPS) is 20.6. The van der Waals surface area contributed by atoms with Crippen LogP contribution in [0.4, 0.5) is 29.6 Å². The molecule has 2 amide bonds.